The van der Waals surface area contributed by atoms with Crippen molar-refractivity contribution in [3.63, 3.8) is 0 Å². The van der Waals surface area contributed by atoms with Crippen molar-refractivity contribution in [3.8, 4) is 11.5 Å². The number of benzene rings is 4. The van der Waals surface area contributed by atoms with E-state index in [1.165, 1.54) is 0 Å². The van der Waals surface area contributed by atoms with Gasteiger partial charge in [0.2, 0.25) is 0 Å². The van der Waals surface area contributed by atoms with Gasteiger partial charge in [-0.2, -0.15) is 0 Å². The number of aromatic nitrogens is 4. The summed E-state index contributed by atoms with van der Waals surface area (Å²) in [4.78, 5) is 22.2. The Labute approximate surface area is 256 Å². The molecule has 0 unspecified atom stereocenters. The normalized spacial score (nSPS) is 10.7. The number of alkyl halides is 1. The fraction of sp³-hybridized carbons (Fsp3) is 0.176. The van der Waals surface area contributed by atoms with Crippen molar-refractivity contribution in [1.82, 2.24) is 19.9 Å². The smallest absolute Gasteiger partial charge is 0.146 e. The summed E-state index contributed by atoms with van der Waals surface area (Å²) in [5.41, 5.74) is 3.92. The summed E-state index contributed by atoms with van der Waals surface area (Å²) in [6, 6.07) is 31.8. The van der Waals surface area contributed by atoms with Crippen LogP contribution in [0.3, 0.4) is 0 Å². The molecule has 0 atom stereocenters. The zero-order valence-corrected chi connectivity index (χ0v) is 25.6. The Bertz CT molecular complexity index is 1830. The number of ether oxygens (including phenoxy) is 2. The van der Waals surface area contributed by atoms with Crippen LogP contribution in [-0.4, -0.2) is 48.3 Å². The van der Waals surface area contributed by atoms with Gasteiger partial charge in [0, 0.05) is 36.2 Å². The van der Waals surface area contributed by atoms with Crippen LogP contribution in [0.2, 0.25) is 0 Å². The predicted molar refractivity (Wildman–Crippen MR) is 175 cm³/mol. The van der Waals surface area contributed by atoms with E-state index in [0.717, 1.165) is 62.1 Å². The summed E-state index contributed by atoms with van der Waals surface area (Å²) in [7, 11) is 7.31. The monoisotopic (exact) mass is 592 g/mol. The number of anilines is 4. The molecule has 6 rings (SSSR count). The van der Waals surface area contributed by atoms with Gasteiger partial charge in [-0.3, -0.25) is 0 Å². The summed E-state index contributed by atoms with van der Waals surface area (Å²) < 4.78 is 10.4. The summed E-state index contributed by atoms with van der Waals surface area (Å²) >= 11 is 5.93. The Morgan fingerprint density at radius 2 is 1.02 bits per heavy atom. The lowest BCUT2D eigenvalue weighted by Gasteiger charge is -2.20. The van der Waals surface area contributed by atoms with Crippen LogP contribution in [-0.2, 0) is 5.88 Å². The molecule has 2 aromatic heterocycles. The molecule has 218 valence electrons. The highest BCUT2D eigenvalue weighted by atomic mass is 35.5. The number of hydrogen-bond acceptors (Lipinski definition) is 8. The van der Waals surface area contributed by atoms with Crippen LogP contribution >= 0.6 is 11.6 Å². The van der Waals surface area contributed by atoms with Crippen LogP contribution in [0.5, 0.6) is 11.5 Å². The molecule has 6 aromatic rings. The first-order chi connectivity index (χ1) is 20.9. The molecule has 0 fully saturated rings. The maximum Gasteiger partial charge on any atom is 0.146 e. The van der Waals surface area contributed by atoms with E-state index in [-0.39, 0.29) is 5.88 Å². The number of aryl methyl sites for hydroxylation is 1. The van der Waals surface area contributed by atoms with Gasteiger partial charge in [0.1, 0.15) is 34.8 Å². The van der Waals surface area contributed by atoms with Crippen molar-refractivity contribution in [1.29, 1.82) is 0 Å². The molecule has 0 N–H and O–H groups in total. The summed E-state index contributed by atoms with van der Waals surface area (Å²) in [5.74, 6) is 5.09. The molecule has 0 bridgehead atoms. The Kier molecular flexibility index (Phi) is 9.17. The number of rotatable bonds is 7. The first-order valence-corrected chi connectivity index (χ1v) is 14.3. The highest BCUT2D eigenvalue weighted by Gasteiger charge is 2.13. The molecular weight excluding hydrogens is 560 g/mol. The predicted octanol–water partition coefficient (Wildman–Crippen LogP) is 7.86. The SMILES string of the molecule is COc1ccc(N(C)c2nc(C)nc3ccccc23)cc1.COc1ccc(N(C)c2nc(CCl)nc3ccccc23)cc1. The first kappa shape index (κ1) is 29.5. The van der Waals surface area contributed by atoms with Gasteiger partial charge in [0.25, 0.3) is 0 Å². The van der Waals surface area contributed by atoms with Gasteiger partial charge in [0.05, 0.1) is 31.1 Å². The number of hydrogen-bond donors (Lipinski definition) is 0. The number of methoxy groups -OCH3 is 2. The van der Waals surface area contributed by atoms with Crippen LogP contribution in [0.15, 0.2) is 97.1 Å². The van der Waals surface area contributed by atoms with Crippen molar-refractivity contribution in [2.75, 3.05) is 38.1 Å². The molecule has 0 radical (unpaired) electrons. The van der Waals surface area contributed by atoms with Crippen LogP contribution in [0.4, 0.5) is 23.0 Å². The molecule has 0 aliphatic heterocycles. The minimum atomic E-state index is 0.286. The van der Waals surface area contributed by atoms with Gasteiger partial charge in [-0.05, 0) is 79.7 Å². The lowest BCUT2D eigenvalue weighted by molar-refractivity contribution is 0.414. The number of nitrogens with zero attached hydrogens (tertiary/aromatic N) is 6. The van der Waals surface area contributed by atoms with Gasteiger partial charge in [-0.1, -0.05) is 24.3 Å². The minimum absolute atomic E-state index is 0.286. The Balaban J connectivity index is 0.000000171. The molecule has 2 heterocycles. The van der Waals surface area contributed by atoms with E-state index < -0.39 is 0 Å². The van der Waals surface area contributed by atoms with Crippen LogP contribution in [0.1, 0.15) is 11.6 Å². The molecule has 0 aliphatic carbocycles. The lowest BCUT2D eigenvalue weighted by atomic mass is 10.2. The summed E-state index contributed by atoms with van der Waals surface area (Å²) in [6.45, 7) is 1.91. The molecule has 0 saturated carbocycles. The van der Waals surface area contributed by atoms with Crippen LogP contribution in [0.25, 0.3) is 21.8 Å². The van der Waals surface area contributed by atoms with Crippen molar-refractivity contribution in [2.24, 2.45) is 0 Å². The Morgan fingerprint density at radius 3 is 1.49 bits per heavy atom. The molecule has 43 heavy (non-hydrogen) atoms. The van der Waals surface area contributed by atoms with Gasteiger partial charge < -0.3 is 19.3 Å². The van der Waals surface area contributed by atoms with E-state index in [2.05, 4.69) is 24.8 Å². The second kappa shape index (κ2) is 13.4. The fourth-order valence-electron chi connectivity index (χ4n) is 4.71. The molecule has 0 saturated heterocycles. The van der Waals surface area contributed by atoms with E-state index in [9.17, 15) is 0 Å². The average molecular weight is 593 g/mol. The Morgan fingerprint density at radius 1 is 0.581 bits per heavy atom. The molecule has 0 aliphatic rings. The molecule has 4 aromatic carbocycles. The van der Waals surface area contributed by atoms with Gasteiger partial charge in [0.15, 0.2) is 0 Å². The largest absolute Gasteiger partial charge is 0.497 e. The first-order valence-electron chi connectivity index (χ1n) is 13.7. The number of halogens is 1. The third-order valence-corrected chi connectivity index (χ3v) is 7.24. The highest BCUT2D eigenvalue weighted by molar-refractivity contribution is 6.16. The maximum absolute atomic E-state index is 5.93. The number of fused-ring (bicyclic) bond motifs is 2. The highest BCUT2D eigenvalue weighted by Crippen LogP contribution is 2.31. The van der Waals surface area contributed by atoms with Gasteiger partial charge in [-0.15, -0.1) is 11.6 Å². The van der Waals surface area contributed by atoms with E-state index >= 15 is 0 Å². The van der Waals surface area contributed by atoms with Gasteiger partial charge in [-0.25, -0.2) is 19.9 Å². The second-order valence-electron chi connectivity index (χ2n) is 9.74. The van der Waals surface area contributed by atoms with E-state index in [4.69, 9.17) is 21.1 Å². The van der Waals surface area contributed by atoms with Crippen LogP contribution < -0.4 is 19.3 Å². The topological polar surface area (TPSA) is 76.5 Å². The Hall–Kier alpha value is -4.95. The fourth-order valence-corrected chi connectivity index (χ4v) is 4.83. The maximum atomic E-state index is 5.93. The number of para-hydroxylation sites is 2. The molecule has 0 amide bonds. The third kappa shape index (κ3) is 6.60. The van der Waals surface area contributed by atoms with Crippen molar-refractivity contribution >= 4 is 56.4 Å². The van der Waals surface area contributed by atoms with E-state index in [1.807, 2.05) is 123 Å². The summed E-state index contributed by atoms with van der Waals surface area (Å²) in [5, 5.41) is 2.04. The minimum Gasteiger partial charge on any atom is -0.497 e. The second-order valence-corrected chi connectivity index (χ2v) is 10.0. The van der Waals surface area contributed by atoms with Crippen molar-refractivity contribution < 1.29 is 9.47 Å². The standard InChI is InChI=1S/C17H16ClN3O.C17H17N3O/c1-21(12-7-9-13(22-2)10-8-12)17-14-5-3-4-6-15(14)19-16(11-18)20-17;1-12-18-16-7-5-4-6-15(16)17(19-12)20(2)13-8-10-14(21-3)11-9-13/h3-10H,11H2,1-2H3;4-11H,1-3H3. The van der Waals surface area contributed by atoms with Crippen molar-refractivity contribution in [3.05, 3.63) is 109 Å². The van der Waals surface area contributed by atoms with Crippen LogP contribution in [0, 0.1) is 6.92 Å². The summed E-state index contributed by atoms with van der Waals surface area (Å²) in [6.07, 6.45) is 0. The molecule has 0 spiro atoms. The van der Waals surface area contributed by atoms with Gasteiger partial charge >= 0.3 is 0 Å². The lowest BCUT2D eigenvalue weighted by Crippen LogP contribution is -2.13. The third-order valence-electron chi connectivity index (χ3n) is 7.00. The zero-order valence-electron chi connectivity index (χ0n) is 24.8. The molecular formula is C34H33ClN6O2. The van der Waals surface area contributed by atoms with E-state index in [0.29, 0.717) is 5.82 Å². The molecule has 9 heteroatoms. The van der Waals surface area contributed by atoms with E-state index in [1.54, 1.807) is 14.2 Å². The molecule has 8 nitrogen and oxygen atoms in total. The van der Waals surface area contributed by atoms with Crippen molar-refractivity contribution in [2.45, 2.75) is 12.8 Å². The zero-order chi connectivity index (χ0) is 30.3. The average Bonchev–Trinajstić information content (AvgIpc) is 3.07. The quantitative estimate of drug-likeness (QED) is 0.173.